The molecule has 24 heavy (non-hydrogen) atoms. The second kappa shape index (κ2) is 15.3. The molecule has 7 N–H and O–H groups in total. The van der Waals surface area contributed by atoms with Gasteiger partial charge in [-0.15, -0.1) is 0 Å². The van der Waals surface area contributed by atoms with Crippen LogP contribution in [0.3, 0.4) is 0 Å². The molecule has 0 aromatic carbocycles. The normalized spacial score (nSPS) is 22.5. The number of hydrogen-bond donors (Lipinski definition) is 7. The fourth-order valence-corrected chi connectivity index (χ4v) is 2.19. The van der Waals surface area contributed by atoms with Gasteiger partial charge >= 0.3 is 0 Å². The van der Waals surface area contributed by atoms with Gasteiger partial charge in [-0.2, -0.15) is 0 Å². The summed E-state index contributed by atoms with van der Waals surface area (Å²) < 4.78 is 0. The topological polar surface area (TPSA) is 118 Å². The molecule has 0 aromatic rings. The van der Waals surface area contributed by atoms with Gasteiger partial charge in [0.05, 0.1) is 13.1 Å². The molecule has 0 spiro atoms. The van der Waals surface area contributed by atoms with Gasteiger partial charge in [0.25, 0.3) is 0 Å². The zero-order valence-corrected chi connectivity index (χ0v) is 14.5. The molecule has 1 aliphatic heterocycles. The van der Waals surface area contributed by atoms with Crippen molar-refractivity contribution in [2.24, 2.45) is 0 Å². The summed E-state index contributed by atoms with van der Waals surface area (Å²) in [6.07, 6.45) is 1.10. The minimum Gasteiger partial charge on any atom is -0.354 e. The van der Waals surface area contributed by atoms with E-state index < -0.39 is 0 Å². The van der Waals surface area contributed by atoms with Gasteiger partial charge < -0.3 is 31.9 Å². The SMILES string of the molecule is O=C1CNCC(=O)NCCNCCNCCCNCCNCCN1. The first kappa shape index (κ1) is 20.8. The Bertz CT molecular complexity index is 312. The Balaban J connectivity index is 2.17. The summed E-state index contributed by atoms with van der Waals surface area (Å²) in [6, 6.07) is 0. The molecule has 9 nitrogen and oxygen atoms in total. The molecule has 0 radical (unpaired) electrons. The molecule has 0 bridgehead atoms. The van der Waals surface area contributed by atoms with Crippen molar-refractivity contribution >= 4 is 11.8 Å². The van der Waals surface area contributed by atoms with Crippen LogP contribution in [0.25, 0.3) is 0 Å². The Hall–Kier alpha value is -1.26. The summed E-state index contributed by atoms with van der Waals surface area (Å²) in [4.78, 5) is 23.2. The third-order valence-corrected chi connectivity index (χ3v) is 3.48. The van der Waals surface area contributed by atoms with E-state index >= 15 is 0 Å². The summed E-state index contributed by atoms with van der Waals surface area (Å²) in [7, 11) is 0. The van der Waals surface area contributed by atoms with Gasteiger partial charge in [0.15, 0.2) is 0 Å². The smallest absolute Gasteiger partial charge is 0.234 e. The van der Waals surface area contributed by atoms with Crippen LogP contribution in [-0.2, 0) is 9.59 Å². The van der Waals surface area contributed by atoms with Crippen LogP contribution in [0.4, 0.5) is 0 Å². The molecule has 1 heterocycles. The molecule has 9 heteroatoms. The third kappa shape index (κ3) is 13.2. The van der Waals surface area contributed by atoms with Crippen LogP contribution in [0.2, 0.25) is 0 Å². The molecule has 0 aromatic heterocycles. The molecular formula is C15H33N7O2. The molecule has 1 rings (SSSR count). The van der Waals surface area contributed by atoms with Gasteiger partial charge in [-0.3, -0.25) is 14.9 Å². The highest BCUT2D eigenvalue weighted by atomic mass is 16.2. The minimum atomic E-state index is -0.0981. The van der Waals surface area contributed by atoms with E-state index in [0.29, 0.717) is 13.1 Å². The first-order valence-electron chi connectivity index (χ1n) is 8.86. The van der Waals surface area contributed by atoms with Crippen LogP contribution >= 0.6 is 0 Å². The van der Waals surface area contributed by atoms with Crippen LogP contribution < -0.4 is 37.2 Å². The Labute approximate surface area is 144 Å². The zero-order valence-electron chi connectivity index (χ0n) is 14.5. The lowest BCUT2D eigenvalue weighted by Crippen LogP contribution is -2.43. The van der Waals surface area contributed by atoms with Gasteiger partial charge in [0, 0.05) is 52.4 Å². The van der Waals surface area contributed by atoms with E-state index in [4.69, 9.17) is 0 Å². The van der Waals surface area contributed by atoms with E-state index in [1.165, 1.54) is 0 Å². The highest BCUT2D eigenvalue weighted by Gasteiger charge is 2.03. The second-order valence-electron chi connectivity index (χ2n) is 5.66. The molecule has 0 aliphatic carbocycles. The fraction of sp³-hybridized carbons (Fsp3) is 0.867. The molecule has 140 valence electrons. The first-order chi connectivity index (χ1) is 11.8. The standard InChI is InChI=1S/C15H33N7O2/c23-14-12-20-13-15(24)22-11-9-19-7-5-17-3-1-2-16-4-6-18-8-10-21-14/h16-20H,1-13H2,(H,21,23)(H,22,24). The molecule has 0 unspecified atom stereocenters. The molecule has 1 fully saturated rings. The molecule has 0 saturated carbocycles. The summed E-state index contributed by atoms with van der Waals surface area (Å²) >= 11 is 0. The monoisotopic (exact) mass is 343 g/mol. The van der Waals surface area contributed by atoms with Gasteiger partial charge in [0.1, 0.15) is 0 Å². The Morgan fingerprint density at radius 3 is 1.29 bits per heavy atom. The highest BCUT2D eigenvalue weighted by Crippen LogP contribution is 1.74. The predicted octanol–water partition coefficient (Wildman–Crippen LogP) is -3.43. The van der Waals surface area contributed by atoms with Crippen molar-refractivity contribution in [3.05, 3.63) is 0 Å². The van der Waals surface area contributed by atoms with Crippen molar-refractivity contribution in [1.82, 2.24) is 37.2 Å². The number of amides is 2. The number of hydrogen-bond acceptors (Lipinski definition) is 7. The maximum atomic E-state index is 11.6. The Morgan fingerprint density at radius 2 is 0.833 bits per heavy atom. The summed E-state index contributed by atoms with van der Waals surface area (Å²) in [6.45, 7) is 8.55. The van der Waals surface area contributed by atoms with Crippen molar-refractivity contribution in [2.45, 2.75) is 6.42 Å². The maximum absolute atomic E-state index is 11.6. The lowest BCUT2D eigenvalue weighted by atomic mass is 10.4. The maximum Gasteiger partial charge on any atom is 0.234 e. The molecular weight excluding hydrogens is 310 g/mol. The largest absolute Gasteiger partial charge is 0.354 e. The lowest BCUT2D eigenvalue weighted by molar-refractivity contribution is -0.121. The Kier molecular flexibility index (Phi) is 13.2. The minimum absolute atomic E-state index is 0.0981. The van der Waals surface area contributed by atoms with Crippen molar-refractivity contribution in [3.8, 4) is 0 Å². The molecule has 0 atom stereocenters. The number of nitrogens with one attached hydrogen (secondary N) is 7. The molecule has 1 saturated heterocycles. The fourth-order valence-electron chi connectivity index (χ4n) is 2.19. The first-order valence-corrected chi connectivity index (χ1v) is 8.86. The van der Waals surface area contributed by atoms with E-state index in [9.17, 15) is 9.59 Å². The average molecular weight is 343 g/mol. The summed E-state index contributed by atoms with van der Waals surface area (Å²) in [5.41, 5.74) is 0. The van der Waals surface area contributed by atoms with E-state index in [0.717, 1.165) is 58.8 Å². The van der Waals surface area contributed by atoms with Crippen LogP contribution in [-0.4, -0.2) is 90.4 Å². The quantitative estimate of drug-likeness (QED) is 0.245. The van der Waals surface area contributed by atoms with Crippen molar-refractivity contribution in [1.29, 1.82) is 0 Å². The summed E-state index contributed by atoms with van der Waals surface area (Å²) in [5.74, 6) is -0.196. The molecule has 2 amide bonds. The van der Waals surface area contributed by atoms with Crippen molar-refractivity contribution in [2.75, 3.05) is 78.5 Å². The molecule has 1 aliphatic rings. The summed E-state index contributed by atoms with van der Waals surface area (Å²) in [5, 5.41) is 21.7. The van der Waals surface area contributed by atoms with Crippen molar-refractivity contribution < 1.29 is 9.59 Å². The van der Waals surface area contributed by atoms with E-state index in [2.05, 4.69) is 37.2 Å². The highest BCUT2D eigenvalue weighted by molar-refractivity contribution is 5.81. The van der Waals surface area contributed by atoms with E-state index in [1.807, 2.05) is 0 Å². The van der Waals surface area contributed by atoms with Crippen LogP contribution in [0.1, 0.15) is 6.42 Å². The number of carbonyl (C=O) groups excluding carboxylic acids is 2. The number of carbonyl (C=O) groups is 2. The van der Waals surface area contributed by atoms with Crippen LogP contribution in [0.5, 0.6) is 0 Å². The van der Waals surface area contributed by atoms with Crippen LogP contribution in [0, 0.1) is 0 Å². The van der Waals surface area contributed by atoms with E-state index in [-0.39, 0.29) is 24.9 Å². The number of rotatable bonds is 0. The second-order valence-corrected chi connectivity index (χ2v) is 5.66. The van der Waals surface area contributed by atoms with Gasteiger partial charge in [-0.25, -0.2) is 0 Å². The van der Waals surface area contributed by atoms with Crippen LogP contribution in [0.15, 0.2) is 0 Å². The average Bonchev–Trinajstić information content (AvgIpc) is 2.57. The zero-order chi connectivity index (χ0) is 17.3. The van der Waals surface area contributed by atoms with Gasteiger partial charge in [0.2, 0.25) is 11.8 Å². The van der Waals surface area contributed by atoms with E-state index in [1.54, 1.807) is 0 Å². The van der Waals surface area contributed by atoms with Gasteiger partial charge in [-0.1, -0.05) is 0 Å². The van der Waals surface area contributed by atoms with Crippen molar-refractivity contribution in [3.63, 3.8) is 0 Å². The van der Waals surface area contributed by atoms with Gasteiger partial charge in [-0.05, 0) is 19.5 Å². The predicted molar refractivity (Wildman–Crippen MR) is 95.0 cm³/mol. The third-order valence-electron chi connectivity index (χ3n) is 3.48. The lowest BCUT2D eigenvalue weighted by Gasteiger charge is -2.10. The Morgan fingerprint density at radius 1 is 0.458 bits per heavy atom.